The molecule has 0 aliphatic carbocycles. The molecule has 2 aliphatic heterocycles. The van der Waals surface area contributed by atoms with Crippen LogP contribution in [-0.4, -0.2) is 36.1 Å². The number of ether oxygens (including phenoxy) is 1. The Hall–Kier alpha value is -2.34. The van der Waals surface area contributed by atoms with Gasteiger partial charge in [-0.05, 0) is 36.6 Å². The van der Waals surface area contributed by atoms with Crippen LogP contribution in [0.3, 0.4) is 0 Å². The number of hydrogen-bond donors (Lipinski definition) is 0. The number of halogens is 2. The van der Waals surface area contributed by atoms with Crippen molar-refractivity contribution in [3.8, 4) is 11.3 Å². The molecular weight excluding hydrogens is 326 g/mol. The van der Waals surface area contributed by atoms with Crippen LogP contribution in [0.2, 0.25) is 0 Å². The van der Waals surface area contributed by atoms with E-state index in [1.165, 1.54) is 12.1 Å². The second-order valence-electron chi connectivity index (χ2n) is 6.60. The summed E-state index contributed by atoms with van der Waals surface area (Å²) in [5.74, 6) is -1.31. The Kier molecular flexibility index (Phi) is 4.00. The predicted octanol–water partition coefficient (Wildman–Crippen LogP) is 3.51. The average Bonchev–Trinajstić information content (AvgIpc) is 2.89. The molecule has 1 aromatic carbocycles. The first-order valence-corrected chi connectivity index (χ1v) is 8.37. The van der Waals surface area contributed by atoms with E-state index >= 15 is 0 Å². The van der Waals surface area contributed by atoms with Gasteiger partial charge in [-0.2, -0.15) is 0 Å². The fraction of sp³-hybridized carbons (Fsp3) is 0.368. The maximum atomic E-state index is 14.4. The van der Waals surface area contributed by atoms with Gasteiger partial charge >= 0.3 is 0 Å². The molecule has 6 heteroatoms. The van der Waals surface area contributed by atoms with Crippen molar-refractivity contribution in [2.24, 2.45) is 0 Å². The van der Waals surface area contributed by atoms with Crippen molar-refractivity contribution >= 4 is 5.91 Å². The molecule has 130 valence electrons. The molecule has 2 aromatic rings. The number of nitrogens with zero attached hydrogens (tertiary/aromatic N) is 2. The monoisotopic (exact) mass is 344 g/mol. The molecule has 1 aromatic heterocycles. The average molecular weight is 344 g/mol. The van der Waals surface area contributed by atoms with Crippen LogP contribution in [0.5, 0.6) is 0 Å². The highest BCUT2D eigenvalue weighted by Crippen LogP contribution is 2.36. The molecule has 0 unspecified atom stereocenters. The number of hydrogen-bond acceptors (Lipinski definition) is 3. The highest BCUT2D eigenvalue weighted by Gasteiger charge is 2.32. The van der Waals surface area contributed by atoms with Gasteiger partial charge in [0.05, 0.1) is 11.3 Å². The quantitative estimate of drug-likeness (QED) is 0.837. The summed E-state index contributed by atoms with van der Waals surface area (Å²) in [4.78, 5) is 18.8. The van der Waals surface area contributed by atoms with Crippen molar-refractivity contribution in [1.82, 2.24) is 9.88 Å². The number of carbonyl (C=O) groups excluding carboxylic acids is 1. The van der Waals surface area contributed by atoms with Crippen LogP contribution >= 0.6 is 0 Å². The van der Waals surface area contributed by atoms with Crippen LogP contribution in [0.4, 0.5) is 8.78 Å². The molecule has 3 heterocycles. The minimum absolute atomic E-state index is 0.162. The molecule has 0 saturated carbocycles. The van der Waals surface area contributed by atoms with Crippen LogP contribution in [0, 0.1) is 11.6 Å². The van der Waals surface area contributed by atoms with E-state index in [9.17, 15) is 13.6 Å². The van der Waals surface area contributed by atoms with E-state index in [2.05, 4.69) is 4.98 Å². The largest absolute Gasteiger partial charge is 0.381 e. The van der Waals surface area contributed by atoms with Crippen molar-refractivity contribution in [1.29, 1.82) is 0 Å². The summed E-state index contributed by atoms with van der Waals surface area (Å²) in [5.41, 5.74) is 2.59. The molecular formula is C19H18F2N2O2. The van der Waals surface area contributed by atoms with Gasteiger partial charge in [0.15, 0.2) is 0 Å². The zero-order valence-corrected chi connectivity index (χ0v) is 13.9. The lowest BCUT2D eigenvalue weighted by Gasteiger charge is -2.23. The third-order valence-corrected chi connectivity index (χ3v) is 4.91. The minimum Gasteiger partial charge on any atom is -0.381 e. The molecule has 0 radical (unpaired) electrons. The second-order valence-corrected chi connectivity index (χ2v) is 6.60. The lowest BCUT2D eigenvalue weighted by Crippen LogP contribution is -2.18. The van der Waals surface area contributed by atoms with Gasteiger partial charge in [-0.25, -0.2) is 8.78 Å². The van der Waals surface area contributed by atoms with Crippen LogP contribution in [0.1, 0.15) is 40.4 Å². The Bertz CT molecular complexity index is 848. The number of fused-ring (bicyclic) bond motifs is 1. The van der Waals surface area contributed by atoms with E-state index in [1.54, 1.807) is 11.9 Å². The van der Waals surface area contributed by atoms with E-state index in [0.29, 0.717) is 31.0 Å². The van der Waals surface area contributed by atoms with Gasteiger partial charge in [-0.1, -0.05) is 0 Å². The highest BCUT2D eigenvalue weighted by atomic mass is 19.1. The van der Waals surface area contributed by atoms with E-state index in [0.717, 1.165) is 30.2 Å². The lowest BCUT2D eigenvalue weighted by molar-refractivity contribution is 0.0816. The topological polar surface area (TPSA) is 42.4 Å². The molecule has 0 N–H and O–H groups in total. The molecule has 4 nitrogen and oxygen atoms in total. The first-order valence-electron chi connectivity index (χ1n) is 8.37. The van der Waals surface area contributed by atoms with Crippen molar-refractivity contribution in [3.63, 3.8) is 0 Å². The normalized spacial score (nSPS) is 17.9. The molecule has 25 heavy (non-hydrogen) atoms. The van der Waals surface area contributed by atoms with Crippen molar-refractivity contribution in [2.75, 3.05) is 20.3 Å². The van der Waals surface area contributed by atoms with Crippen molar-refractivity contribution in [2.45, 2.75) is 25.3 Å². The summed E-state index contributed by atoms with van der Waals surface area (Å²) in [6.45, 7) is 1.81. The summed E-state index contributed by atoms with van der Waals surface area (Å²) in [6, 6.07) is 5.33. The van der Waals surface area contributed by atoms with Crippen LogP contribution in [-0.2, 0) is 11.3 Å². The van der Waals surface area contributed by atoms with Crippen LogP contribution < -0.4 is 0 Å². The molecule has 1 saturated heterocycles. The number of benzene rings is 1. The molecule has 1 amide bonds. The predicted molar refractivity (Wildman–Crippen MR) is 88.2 cm³/mol. The van der Waals surface area contributed by atoms with Crippen molar-refractivity contribution in [3.05, 3.63) is 52.7 Å². The van der Waals surface area contributed by atoms with E-state index in [4.69, 9.17) is 4.74 Å². The number of aromatic nitrogens is 1. The Morgan fingerprint density at radius 3 is 2.68 bits per heavy atom. The van der Waals surface area contributed by atoms with Gasteiger partial charge in [-0.3, -0.25) is 9.78 Å². The minimum atomic E-state index is -0.707. The van der Waals surface area contributed by atoms with Gasteiger partial charge in [0.1, 0.15) is 11.6 Å². The first kappa shape index (κ1) is 16.1. The second kappa shape index (κ2) is 6.19. The maximum Gasteiger partial charge on any atom is 0.256 e. The molecule has 0 bridgehead atoms. The maximum absolute atomic E-state index is 14.4. The van der Waals surface area contributed by atoms with Crippen molar-refractivity contribution < 1.29 is 18.3 Å². The highest BCUT2D eigenvalue weighted by molar-refractivity contribution is 6.03. The lowest BCUT2D eigenvalue weighted by atomic mass is 9.92. The first-order chi connectivity index (χ1) is 12.0. The number of rotatable bonds is 2. The third-order valence-electron chi connectivity index (χ3n) is 4.91. The standard InChI is InChI=1S/C19H18F2N2O2/c1-23-10-12-8-16(11-4-6-25-7-5-11)22-18(17(12)19(23)24)14-3-2-13(20)9-15(14)21/h2-3,8-9,11H,4-7,10H2,1H3. The number of amides is 1. The Morgan fingerprint density at radius 2 is 1.96 bits per heavy atom. The Morgan fingerprint density at radius 1 is 1.20 bits per heavy atom. The van der Waals surface area contributed by atoms with E-state index in [-0.39, 0.29) is 17.4 Å². The fourth-order valence-corrected chi connectivity index (χ4v) is 3.58. The van der Waals surface area contributed by atoms with Crippen LogP contribution in [0.15, 0.2) is 24.3 Å². The fourth-order valence-electron chi connectivity index (χ4n) is 3.58. The van der Waals surface area contributed by atoms with Crippen LogP contribution in [0.25, 0.3) is 11.3 Å². The zero-order chi connectivity index (χ0) is 17.6. The van der Waals surface area contributed by atoms with Gasteiger partial charge < -0.3 is 9.64 Å². The summed E-state index contributed by atoms with van der Waals surface area (Å²) >= 11 is 0. The summed E-state index contributed by atoms with van der Waals surface area (Å²) in [6.07, 6.45) is 1.70. The van der Waals surface area contributed by atoms with Gasteiger partial charge in [0, 0.05) is 50.0 Å². The van der Waals surface area contributed by atoms with Gasteiger partial charge in [-0.15, -0.1) is 0 Å². The van der Waals surface area contributed by atoms with E-state index < -0.39 is 11.6 Å². The molecule has 0 atom stereocenters. The molecule has 1 fully saturated rings. The van der Waals surface area contributed by atoms with Gasteiger partial charge in [0.2, 0.25) is 0 Å². The molecule has 2 aliphatic rings. The molecule has 4 rings (SSSR count). The Balaban J connectivity index is 1.89. The van der Waals surface area contributed by atoms with E-state index in [1.807, 2.05) is 6.07 Å². The SMILES string of the molecule is CN1Cc2cc(C3CCOCC3)nc(-c3ccc(F)cc3F)c2C1=O. The molecule has 0 spiro atoms. The summed E-state index contributed by atoms with van der Waals surface area (Å²) in [5, 5.41) is 0. The Labute approximate surface area is 144 Å². The van der Waals surface area contributed by atoms with Gasteiger partial charge in [0.25, 0.3) is 5.91 Å². The number of carbonyl (C=O) groups is 1. The smallest absolute Gasteiger partial charge is 0.256 e. The third kappa shape index (κ3) is 2.80. The summed E-state index contributed by atoms with van der Waals surface area (Å²) in [7, 11) is 1.71. The summed E-state index contributed by atoms with van der Waals surface area (Å²) < 4.78 is 33.1. The number of pyridine rings is 1. The zero-order valence-electron chi connectivity index (χ0n) is 13.9.